The van der Waals surface area contributed by atoms with Crippen molar-refractivity contribution >= 4 is 11.7 Å². The van der Waals surface area contributed by atoms with Crippen LogP contribution in [0.3, 0.4) is 0 Å². The minimum absolute atomic E-state index is 0.0542. The van der Waals surface area contributed by atoms with Crippen molar-refractivity contribution in [3.05, 3.63) is 11.1 Å². The molecule has 0 saturated carbocycles. The first-order chi connectivity index (χ1) is 11.1. The number of hydrogen-bond donors (Lipinski definition) is 1. The Morgan fingerprint density at radius 2 is 1.78 bits per heavy atom. The highest BCUT2D eigenvalue weighted by Gasteiger charge is 2.47. The topological polar surface area (TPSA) is 71.5 Å². The summed E-state index contributed by atoms with van der Waals surface area (Å²) >= 11 is 0. The minimum Gasteiger partial charge on any atom is -0.492 e. The van der Waals surface area contributed by atoms with E-state index in [1.54, 1.807) is 7.11 Å². The van der Waals surface area contributed by atoms with Crippen molar-refractivity contribution in [1.82, 2.24) is 4.90 Å². The van der Waals surface area contributed by atoms with Crippen molar-refractivity contribution in [3.63, 3.8) is 0 Å². The van der Waals surface area contributed by atoms with Gasteiger partial charge in [0.1, 0.15) is 5.56 Å². The van der Waals surface area contributed by atoms with Crippen LogP contribution in [0.2, 0.25) is 0 Å². The molecule has 0 spiro atoms. The van der Waals surface area contributed by atoms with Crippen LogP contribution in [-0.2, 0) is 0 Å². The molecule has 0 aromatic heterocycles. The maximum atomic E-state index is 11.9. The van der Waals surface area contributed by atoms with Gasteiger partial charge in [0, 0.05) is 25.2 Å². The lowest BCUT2D eigenvalue weighted by Gasteiger charge is -2.52. The van der Waals surface area contributed by atoms with E-state index in [2.05, 4.69) is 16.7 Å². The molecule has 1 atom stereocenters. The van der Waals surface area contributed by atoms with Crippen LogP contribution in [-0.4, -0.2) is 63.5 Å². The summed E-state index contributed by atoms with van der Waals surface area (Å²) in [5, 5.41) is 9.72. The third-order valence-electron chi connectivity index (χ3n) is 4.74. The number of benzene rings is 1. The lowest BCUT2D eigenvalue weighted by molar-refractivity contribution is 0.0688. The molecule has 7 heteroatoms. The van der Waals surface area contributed by atoms with Crippen molar-refractivity contribution < 1.29 is 24.1 Å². The van der Waals surface area contributed by atoms with Gasteiger partial charge in [-0.3, -0.25) is 4.90 Å². The van der Waals surface area contributed by atoms with Gasteiger partial charge in [0.2, 0.25) is 5.75 Å². The first kappa shape index (κ1) is 15.7. The SMILES string of the molecule is CCN1CCN2c3c(OC)c(OC)c(OC)c(C(=O)O)c3C2C1. The summed E-state index contributed by atoms with van der Waals surface area (Å²) in [5.74, 6) is 0.101. The van der Waals surface area contributed by atoms with Crippen LogP contribution < -0.4 is 19.1 Å². The number of carbonyl (C=O) groups is 1. The number of carboxylic acid groups (broad SMARTS) is 1. The number of rotatable bonds is 5. The Morgan fingerprint density at radius 3 is 2.30 bits per heavy atom. The number of hydrogen-bond acceptors (Lipinski definition) is 6. The number of anilines is 1. The summed E-state index contributed by atoms with van der Waals surface area (Å²) in [6, 6.07) is 0.0542. The molecule has 0 radical (unpaired) electrons. The number of aromatic carboxylic acids is 1. The standard InChI is InChI=1S/C16H22N2O5/c1-5-17-6-7-18-9(8-17)10-11(16(19)20)13(21-2)15(23-4)14(22-3)12(10)18/h9H,5-8H2,1-4H3,(H,19,20). The molecule has 23 heavy (non-hydrogen) atoms. The number of carboxylic acids is 1. The molecule has 2 heterocycles. The molecule has 0 aliphatic carbocycles. The molecule has 7 nitrogen and oxygen atoms in total. The van der Waals surface area contributed by atoms with Crippen LogP contribution in [0, 0.1) is 0 Å². The average Bonchev–Trinajstić information content (AvgIpc) is 2.56. The van der Waals surface area contributed by atoms with Gasteiger partial charge in [-0.15, -0.1) is 0 Å². The third-order valence-corrected chi connectivity index (χ3v) is 4.74. The molecule has 1 unspecified atom stereocenters. The molecule has 2 aliphatic heterocycles. The first-order valence-corrected chi connectivity index (χ1v) is 7.67. The Balaban J connectivity index is 2.22. The van der Waals surface area contributed by atoms with Crippen molar-refractivity contribution in [2.45, 2.75) is 13.0 Å². The highest BCUT2D eigenvalue weighted by Crippen LogP contribution is 2.59. The van der Waals surface area contributed by atoms with Crippen LogP contribution in [0.15, 0.2) is 0 Å². The van der Waals surface area contributed by atoms with Gasteiger partial charge in [-0.25, -0.2) is 4.79 Å². The number of piperazine rings is 1. The molecule has 1 saturated heterocycles. The number of fused-ring (bicyclic) bond motifs is 4. The monoisotopic (exact) mass is 322 g/mol. The molecule has 0 amide bonds. The molecule has 1 aromatic rings. The molecule has 1 fully saturated rings. The lowest BCUT2D eigenvalue weighted by Crippen LogP contribution is -2.54. The molecule has 3 rings (SSSR count). The summed E-state index contributed by atoms with van der Waals surface area (Å²) in [6.07, 6.45) is 0. The molecule has 2 aliphatic rings. The zero-order valence-corrected chi connectivity index (χ0v) is 13.9. The molecule has 1 N–H and O–H groups in total. The Hall–Kier alpha value is -2.15. The highest BCUT2D eigenvalue weighted by molar-refractivity contribution is 6.00. The number of likely N-dealkylation sites (N-methyl/N-ethyl adjacent to an activating group) is 1. The van der Waals surface area contributed by atoms with Gasteiger partial charge in [-0.1, -0.05) is 6.92 Å². The van der Waals surface area contributed by atoms with Gasteiger partial charge < -0.3 is 24.2 Å². The predicted octanol–water partition coefficient (Wildman–Crippen LogP) is 1.61. The second-order valence-electron chi connectivity index (χ2n) is 5.64. The summed E-state index contributed by atoms with van der Waals surface area (Å²) in [7, 11) is 4.50. The molecule has 126 valence electrons. The summed E-state index contributed by atoms with van der Waals surface area (Å²) in [5.41, 5.74) is 1.79. The average molecular weight is 322 g/mol. The second-order valence-corrected chi connectivity index (χ2v) is 5.64. The Morgan fingerprint density at radius 1 is 1.13 bits per heavy atom. The van der Waals surface area contributed by atoms with Crippen molar-refractivity contribution in [3.8, 4) is 17.2 Å². The maximum Gasteiger partial charge on any atom is 0.340 e. The van der Waals surface area contributed by atoms with E-state index in [-0.39, 0.29) is 17.4 Å². The third kappa shape index (κ3) is 2.10. The van der Waals surface area contributed by atoms with Gasteiger partial charge >= 0.3 is 5.97 Å². The fraction of sp³-hybridized carbons (Fsp3) is 0.562. The highest BCUT2D eigenvalue weighted by atomic mass is 16.5. The van der Waals surface area contributed by atoms with Crippen molar-refractivity contribution in [1.29, 1.82) is 0 Å². The Bertz CT molecular complexity index is 646. The fourth-order valence-corrected chi connectivity index (χ4v) is 3.65. The van der Waals surface area contributed by atoms with E-state index in [1.165, 1.54) is 14.2 Å². The zero-order valence-electron chi connectivity index (χ0n) is 13.9. The van der Waals surface area contributed by atoms with Crippen LogP contribution in [0.5, 0.6) is 17.2 Å². The maximum absolute atomic E-state index is 11.9. The smallest absolute Gasteiger partial charge is 0.340 e. The van der Waals surface area contributed by atoms with E-state index in [0.29, 0.717) is 11.5 Å². The first-order valence-electron chi connectivity index (χ1n) is 7.67. The van der Waals surface area contributed by atoms with Gasteiger partial charge in [0.15, 0.2) is 11.5 Å². The van der Waals surface area contributed by atoms with Gasteiger partial charge in [0.25, 0.3) is 0 Å². The predicted molar refractivity (Wildman–Crippen MR) is 85.3 cm³/mol. The molecular formula is C16H22N2O5. The second kappa shape index (κ2) is 5.81. The van der Waals surface area contributed by atoms with E-state index in [4.69, 9.17) is 14.2 Å². The van der Waals surface area contributed by atoms with Gasteiger partial charge in [0.05, 0.1) is 33.1 Å². The van der Waals surface area contributed by atoms with Crippen LogP contribution in [0.4, 0.5) is 5.69 Å². The summed E-state index contributed by atoms with van der Waals surface area (Å²) < 4.78 is 16.3. The van der Waals surface area contributed by atoms with E-state index in [0.717, 1.165) is 37.4 Å². The Labute approximate surface area is 135 Å². The lowest BCUT2D eigenvalue weighted by atomic mass is 9.84. The van der Waals surface area contributed by atoms with Crippen molar-refractivity contribution in [2.75, 3.05) is 52.4 Å². The zero-order chi connectivity index (χ0) is 16.7. The molecule has 1 aromatic carbocycles. The number of nitrogens with zero attached hydrogens (tertiary/aromatic N) is 2. The van der Waals surface area contributed by atoms with Crippen molar-refractivity contribution in [2.24, 2.45) is 0 Å². The largest absolute Gasteiger partial charge is 0.492 e. The van der Waals surface area contributed by atoms with E-state index in [9.17, 15) is 9.90 Å². The molecular weight excluding hydrogens is 300 g/mol. The minimum atomic E-state index is -1.01. The normalized spacial score (nSPS) is 19.5. The van der Waals surface area contributed by atoms with Crippen LogP contribution >= 0.6 is 0 Å². The number of ether oxygens (including phenoxy) is 3. The number of methoxy groups -OCH3 is 3. The molecule has 0 bridgehead atoms. The summed E-state index contributed by atoms with van der Waals surface area (Å²) in [4.78, 5) is 16.4. The van der Waals surface area contributed by atoms with E-state index >= 15 is 0 Å². The van der Waals surface area contributed by atoms with Crippen LogP contribution in [0.25, 0.3) is 0 Å². The van der Waals surface area contributed by atoms with E-state index in [1.807, 2.05) is 0 Å². The summed E-state index contributed by atoms with van der Waals surface area (Å²) in [6.45, 7) is 5.67. The van der Waals surface area contributed by atoms with Gasteiger partial charge in [-0.2, -0.15) is 0 Å². The van der Waals surface area contributed by atoms with E-state index < -0.39 is 5.97 Å². The quantitative estimate of drug-likeness (QED) is 0.883. The Kier molecular flexibility index (Phi) is 3.97. The van der Waals surface area contributed by atoms with Gasteiger partial charge in [-0.05, 0) is 6.54 Å². The fourth-order valence-electron chi connectivity index (χ4n) is 3.65. The van der Waals surface area contributed by atoms with Crippen LogP contribution in [0.1, 0.15) is 28.9 Å².